The molecule has 0 aliphatic rings. The number of aromatic amines is 1. The Kier molecular flexibility index (Phi) is 5.09. The summed E-state index contributed by atoms with van der Waals surface area (Å²) in [4.78, 5) is 20.9. The number of hydrogen-bond donors (Lipinski definition) is 3. The number of nitrogens with zero attached hydrogens (tertiary/aromatic N) is 6. The topological polar surface area (TPSA) is 131 Å². The van der Waals surface area contributed by atoms with Crippen LogP contribution in [0, 0.1) is 5.82 Å². The zero-order valence-electron chi connectivity index (χ0n) is 18.9. The van der Waals surface area contributed by atoms with E-state index in [0.717, 1.165) is 5.56 Å². The van der Waals surface area contributed by atoms with Crippen molar-refractivity contribution in [1.29, 1.82) is 0 Å². The maximum atomic E-state index is 14.4. The van der Waals surface area contributed by atoms with Crippen LogP contribution < -0.4 is 5.73 Å². The summed E-state index contributed by atoms with van der Waals surface area (Å²) in [6.07, 6.45) is 7.05. The van der Waals surface area contributed by atoms with E-state index in [0.29, 0.717) is 28.1 Å². The lowest BCUT2D eigenvalue weighted by Crippen LogP contribution is -2.26. The van der Waals surface area contributed by atoms with Gasteiger partial charge in [0.2, 0.25) is 5.95 Å². The minimum absolute atomic E-state index is 0.0548. The molecule has 172 valence electrons. The minimum Gasteiger partial charge on any atom is -0.379 e. The molecule has 0 aliphatic heterocycles. The second kappa shape index (κ2) is 7.99. The van der Waals surface area contributed by atoms with Gasteiger partial charge in [-0.2, -0.15) is 5.10 Å². The molecular weight excluding hydrogens is 435 g/mol. The number of nitrogens with one attached hydrogen (secondary N) is 1. The highest BCUT2D eigenvalue weighted by Gasteiger charge is 2.31. The molecule has 0 bridgehead atoms. The zero-order chi connectivity index (χ0) is 24.0. The fraction of sp³-hybridized carbons (Fsp3) is 0.208. The molecule has 0 amide bonds. The quantitative estimate of drug-likeness (QED) is 0.365. The molecule has 1 atom stereocenters. The van der Waals surface area contributed by atoms with Crippen LogP contribution in [0.1, 0.15) is 38.1 Å². The normalized spacial score (nSPS) is 13.5. The van der Waals surface area contributed by atoms with Crippen LogP contribution in [0.25, 0.3) is 33.7 Å². The lowest BCUT2D eigenvalue weighted by Gasteiger charge is -2.24. The lowest BCUT2D eigenvalue weighted by atomic mass is 9.91. The van der Waals surface area contributed by atoms with Crippen molar-refractivity contribution in [3.8, 4) is 22.5 Å². The van der Waals surface area contributed by atoms with Crippen LogP contribution in [0.2, 0.25) is 0 Å². The van der Waals surface area contributed by atoms with Crippen molar-refractivity contribution in [3.05, 3.63) is 72.2 Å². The van der Waals surface area contributed by atoms with Crippen molar-refractivity contribution in [2.75, 3.05) is 5.73 Å². The molecule has 0 spiro atoms. The maximum Gasteiger partial charge on any atom is 0.220 e. The van der Waals surface area contributed by atoms with Gasteiger partial charge in [-0.25, -0.2) is 24.3 Å². The first-order valence-electron chi connectivity index (χ1n) is 10.8. The number of nitrogens with two attached hydrogens (primary N) is 1. The maximum absolute atomic E-state index is 14.4. The van der Waals surface area contributed by atoms with Crippen molar-refractivity contribution in [3.63, 3.8) is 0 Å². The Balaban J connectivity index is 1.61. The largest absolute Gasteiger partial charge is 0.379 e. The first-order valence-corrected chi connectivity index (χ1v) is 10.8. The average molecular weight is 459 g/mol. The minimum atomic E-state index is -1.73. The van der Waals surface area contributed by atoms with Crippen molar-refractivity contribution in [1.82, 2.24) is 34.7 Å². The Morgan fingerprint density at radius 1 is 1.12 bits per heavy atom. The van der Waals surface area contributed by atoms with Gasteiger partial charge >= 0.3 is 0 Å². The molecule has 0 radical (unpaired) electrons. The molecule has 1 unspecified atom stereocenters. The number of rotatable bonds is 5. The SMILES string of the molecule is CC(C)n1cc(-c2cnc3[nH]cc(-c4cc(C(C)(O)c5ccccc5F)nc(N)n4)c3n2)cn1. The molecule has 1 aromatic carbocycles. The number of benzene rings is 1. The molecule has 0 saturated heterocycles. The van der Waals surface area contributed by atoms with E-state index < -0.39 is 11.4 Å². The Labute approximate surface area is 194 Å². The number of fused-ring (bicyclic) bond motifs is 1. The number of halogens is 1. The predicted octanol–water partition coefficient (Wildman–Crippen LogP) is 3.84. The highest BCUT2D eigenvalue weighted by molar-refractivity contribution is 5.90. The van der Waals surface area contributed by atoms with Crippen molar-refractivity contribution < 1.29 is 9.50 Å². The first-order chi connectivity index (χ1) is 16.2. The number of aliphatic hydroxyl groups is 1. The fourth-order valence-electron chi connectivity index (χ4n) is 3.83. The standard InChI is InChI=1S/C24H23FN8O/c1-13(2)33-12-14(9-29-33)19-11-28-22-21(30-19)15(10-27-22)18-8-20(32-23(26)31-18)24(3,34)16-6-4-5-7-17(16)25/h4-13,34H,1-3H3,(H,27,28)(H2,26,31,32). The molecule has 5 rings (SSSR count). The Morgan fingerprint density at radius 3 is 2.65 bits per heavy atom. The molecule has 4 aromatic heterocycles. The van der Waals surface area contributed by atoms with Gasteiger partial charge in [0, 0.05) is 35.1 Å². The molecule has 10 heteroatoms. The summed E-state index contributed by atoms with van der Waals surface area (Å²) < 4.78 is 16.3. The number of anilines is 1. The summed E-state index contributed by atoms with van der Waals surface area (Å²) in [7, 11) is 0. The van der Waals surface area contributed by atoms with Crippen LogP contribution >= 0.6 is 0 Å². The van der Waals surface area contributed by atoms with Crippen LogP contribution in [0.15, 0.2) is 55.1 Å². The van der Waals surface area contributed by atoms with Crippen LogP contribution in [-0.2, 0) is 5.60 Å². The van der Waals surface area contributed by atoms with Crippen molar-refractivity contribution in [2.45, 2.75) is 32.4 Å². The zero-order valence-corrected chi connectivity index (χ0v) is 18.9. The van der Waals surface area contributed by atoms with E-state index in [2.05, 4.69) is 25.0 Å². The fourth-order valence-corrected chi connectivity index (χ4v) is 3.83. The molecule has 0 fully saturated rings. The summed E-state index contributed by atoms with van der Waals surface area (Å²) in [5, 5.41) is 15.6. The van der Waals surface area contributed by atoms with Crippen LogP contribution in [0.4, 0.5) is 10.3 Å². The number of nitrogen functional groups attached to an aromatic ring is 1. The van der Waals surface area contributed by atoms with E-state index in [9.17, 15) is 9.50 Å². The molecule has 0 saturated carbocycles. The van der Waals surface area contributed by atoms with E-state index in [4.69, 9.17) is 10.7 Å². The molecule has 4 heterocycles. The summed E-state index contributed by atoms with van der Waals surface area (Å²) >= 11 is 0. The van der Waals surface area contributed by atoms with Gasteiger partial charge in [-0.05, 0) is 32.9 Å². The predicted molar refractivity (Wildman–Crippen MR) is 126 cm³/mol. The Hall–Kier alpha value is -4.18. The highest BCUT2D eigenvalue weighted by atomic mass is 19.1. The Bertz CT molecular complexity index is 1500. The molecule has 0 aliphatic carbocycles. The van der Waals surface area contributed by atoms with Crippen LogP contribution in [0.5, 0.6) is 0 Å². The summed E-state index contributed by atoms with van der Waals surface area (Å²) in [6, 6.07) is 7.80. The monoisotopic (exact) mass is 458 g/mol. The van der Waals surface area contributed by atoms with Gasteiger partial charge in [-0.3, -0.25) is 4.68 Å². The summed E-state index contributed by atoms with van der Waals surface area (Å²) in [5.41, 5.74) is 8.18. The van der Waals surface area contributed by atoms with Gasteiger partial charge in [-0.1, -0.05) is 18.2 Å². The summed E-state index contributed by atoms with van der Waals surface area (Å²) in [5.74, 6) is -0.600. The molecule has 34 heavy (non-hydrogen) atoms. The van der Waals surface area contributed by atoms with Gasteiger partial charge in [0.15, 0.2) is 5.65 Å². The van der Waals surface area contributed by atoms with E-state index in [1.165, 1.54) is 19.1 Å². The van der Waals surface area contributed by atoms with Crippen molar-refractivity contribution in [2.24, 2.45) is 0 Å². The second-order valence-electron chi connectivity index (χ2n) is 8.51. The van der Waals surface area contributed by atoms with E-state index >= 15 is 0 Å². The molecule has 5 aromatic rings. The van der Waals surface area contributed by atoms with Gasteiger partial charge in [0.05, 0.1) is 29.5 Å². The average Bonchev–Trinajstić information content (AvgIpc) is 3.46. The third-order valence-corrected chi connectivity index (χ3v) is 5.72. The van der Waals surface area contributed by atoms with Gasteiger partial charge in [0.25, 0.3) is 0 Å². The van der Waals surface area contributed by atoms with Crippen molar-refractivity contribution >= 4 is 17.1 Å². The lowest BCUT2D eigenvalue weighted by molar-refractivity contribution is 0.0933. The van der Waals surface area contributed by atoms with E-state index in [1.54, 1.807) is 36.8 Å². The third kappa shape index (κ3) is 3.67. The van der Waals surface area contributed by atoms with Gasteiger partial charge in [-0.15, -0.1) is 0 Å². The van der Waals surface area contributed by atoms with Gasteiger partial charge in [0.1, 0.15) is 16.9 Å². The number of aromatic nitrogens is 7. The second-order valence-corrected chi connectivity index (χ2v) is 8.51. The first kappa shape index (κ1) is 21.7. The van der Waals surface area contributed by atoms with E-state index in [1.807, 2.05) is 24.7 Å². The van der Waals surface area contributed by atoms with E-state index in [-0.39, 0.29) is 23.2 Å². The van der Waals surface area contributed by atoms with Gasteiger partial charge < -0.3 is 15.8 Å². The smallest absolute Gasteiger partial charge is 0.220 e. The highest BCUT2D eigenvalue weighted by Crippen LogP contribution is 2.34. The molecular formula is C24H23FN8O. The molecule has 9 nitrogen and oxygen atoms in total. The molecule has 4 N–H and O–H groups in total. The van der Waals surface area contributed by atoms with Crippen LogP contribution in [0.3, 0.4) is 0 Å². The number of hydrogen-bond acceptors (Lipinski definition) is 7. The Morgan fingerprint density at radius 2 is 1.91 bits per heavy atom. The summed E-state index contributed by atoms with van der Waals surface area (Å²) in [6.45, 7) is 5.56. The van der Waals surface area contributed by atoms with Crippen LogP contribution in [-0.4, -0.2) is 39.8 Å². The number of H-pyrrole nitrogens is 1. The third-order valence-electron chi connectivity index (χ3n) is 5.72.